The Balaban J connectivity index is 0.00000364. The van der Waals surface area contributed by atoms with Gasteiger partial charge in [-0.15, -0.1) is 0 Å². The van der Waals surface area contributed by atoms with Gasteiger partial charge in [-0.3, -0.25) is 0 Å². The Hall–Kier alpha value is -2.60. The van der Waals surface area contributed by atoms with E-state index in [-0.39, 0.29) is 64.4 Å². The molecule has 0 aliphatic carbocycles. The fraction of sp³-hybridized carbons (Fsp3) is 0.535. The minimum absolute atomic E-state index is 0. The molecule has 0 aromatic heterocycles. The Morgan fingerprint density at radius 1 is 0.769 bits per heavy atom. The Labute approximate surface area is 333 Å². The maximum atomic E-state index is 13.4. The molecule has 0 saturated carbocycles. The minimum atomic E-state index is -0.338. The average molecular weight is 839 g/mol. The van der Waals surface area contributed by atoms with Crippen LogP contribution >= 0.6 is 0 Å². The molecule has 0 bridgehead atoms. The van der Waals surface area contributed by atoms with Crippen LogP contribution in [0.5, 0.6) is 5.75 Å². The molecule has 1 fully saturated rings. The third-order valence-corrected chi connectivity index (χ3v) is 12.2. The van der Waals surface area contributed by atoms with Gasteiger partial charge in [-0.05, 0) is 0 Å². The molecule has 3 aromatic carbocycles. The molecular formula is C43H60Cl2N3O3Ru. The van der Waals surface area contributed by atoms with Crippen molar-refractivity contribution < 1.29 is 55.8 Å². The number of anilines is 3. The third-order valence-electron chi connectivity index (χ3n) is 9.82. The summed E-state index contributed by atoms with van der Waals surface area (Å²) in [5.41, 5.74) is 10.4. The van der Waals surface area contributed by atoms with Crippen molar-refractivity contribution in [2.75, 3.05) is 40.9 Å². The van der Waals surface area contributed by atoms with E-state index >= 15 is 0 Å². The fourth-order valence-electron chi connectivity index (χ4n) is 7.12. The molecule has 2 heterocycles. The molecule has 0 spiro atoms. The molecule has 0 radical (unpaired) electrons. The average Bonchev–Trinajstić information content (AvgIpc) is 3.51. The molecule has 1 saturated heterocycles. The Kier molecular flexibility index (Phi) is 16.1. The summed E-state index contributed by atoms with van der Waals surface area (Å²) in [6.07, 6.45) is 0.433. The first-order chi connectivity index (χ1) is 23.8. The number of amides is 1. The zero-order valence-corrected chi connectivity index (χ0v) is 36.3. The molecule has 1 unspecified atom stereocenters. The van der Waals surface area contributed by atoms with Crippen LogP contribution in [0.1, 0.15) is 134 Å². The van der Waals surface area contributed by atoms with Gasteiger partial charge in [0.15, 0.2) is 0 Å². The quantitative estimate of drug-likeness (QED) is 0.267. The van der Waals surface area contributed by atoms with Crippen LogP contribution in [0, 0.1) is 5.92 Å². The summed E-state index contributed by atoms with van der Waals surface area (Å²) < 4.78 is 15.0. The number of carbonyl (C=O) groups is 1. The standard InChI is InChI=1S/C27H39N2.C16H21NO3.2ClH.Ru/c1-18(2)22-11-9-12-23(19(3)4)26(22)28-15-16-29(17-28)27-24(20(5)6)13-10-14-25(27)21(7)8;1-5-13-9-17(16(18)19-10-11(2)3)14-8-6-7-12(4)15(14)20-13;;;/h9-14,17-21H,15-16H2,1-8H3;4,6-8,11,13H,5,9-10H2,1-3H3;2*1H;/q;;;;+2/p-2. The number of ether oxygens (including phenoxy) is 2. The van der Waals surface area contributed by atoms with E-state index in [1.807, 2.05) is 6.07 Å². The van der Waals surface area contributed by atoms with Crippen LogP contribution in [0.2, 0.25) is 0 Å². The van der Waals surface area contributed by atoms with Gasteiger partial charge in [-0.25, -0.2) is 0 Å². The Bertz CT molecular complexity index is 1550. The van der Waals surface area contributed by atoms with Gasteiger partial charge in [0.05, 0.1) is 0 Å². The van der Waals surface area contributed by atoms with Gasteiger partial charge in [0.25, 0.3) is 0 Å². The molecule has 5 rings (SSSR count). The predicted molar refractivity (Wildman–Crippen MR) is 208 cm³/mol. The topological polar surface area (TPSA) is 45.2 Å². The van der Waals surface area contributed by atoms with Gasteiger partial charge >= 0.3 is 311 Å². The third kappa shape index (κ3) is 9.36. The van der Waals surface area contributed by atoms with Gasteiger partial charge in [0.1, 0.15) is 0 Å². The van der Waals surface area contributed by atoms with Crippen LogP contribution in [0.3, 0.4) is 0 Å². The predicted octanol–water partition coefficient (Wildman–Crippen LogP) is 4.50. The number of fused-ring (bicyclic) bond motifs is 1. The van der Waals surface area contributed by atoms with E-state index in [2.05, 4.69) is 139 Å². The van der Waals surface area contributed by atoms with E-state index in [1.165, 1.54) is 33.6 Å². The molecule has 1 amide bonds. The van der Waals surface area contributed by atoms with Crippen molar-refractivity contribution >= 4 is 27.8 Å². The molecule has 9 heteroatoms. The number of para-hydroxylation sites is 3. The maximum Gasteiger partial charge on any atom is -1.00 e. The molecule has 2 aliphatic rings. The van der Waals surface area contributed by atoms with Gasteiger partial charge in [-0.1, -0.05) is 0 Å². The van der Waals surface area contributed by atoms with Crippen molar-refractivity contribution in [2.45, 2.75) is 117 Å². The van der Waals surface area contributed by atoms with Crippen LogP contribution in [0.15, 0.2) is 54.6 Å². The first-order valence-electron chi connectivity index (χ1n) is 18.8. The molecule has 0 N–H and O–H groups in total. The number of rotatable bonds is 11. The molecule has 1 atom stereocenters. The normalized spacial score (nSPS) is 16.2. The molecular weight excluding hydrogens is 778 g/mol. The van der Waals surface area contributed by atoms with Gasteiger partial charge in [0.2, 0.25) is 0 Å². The summed E-state index contributed by atoms with van der Waals surface area (Å²) in [6.45, 7) is 27.7. The molecule has 287 valence electrons. The van der Waals surface area contributed by atoms with Crippen molar-refractivity contribution in [3.8, 4) is 5.75 Å². The van der Waals surface area contributed by atoms with E-state index in [9.17, 15) is 4.79 Å². The van der Waals surface area contributed by atoms with Gasteiger partial charge in [0, 0.05) is 0 Å². The summed E-state index contributed by atoms with van der Waals surface area (Å²) in [7, 11) is 0. The van der Waals surface area contributed by atoms with Crippen molar-refractivity contribution in [1.82, 2.24) is 0 Å². The van der Waals surface area contributed by atoms with E-state index in [1.54, 1.807) is 4.90 Å². The SMILES string of the molecule is CCC1CN(C(=O)OCC(C)C)c2cccc(/[CH]=[Ru+2]/[CH]3N(c4c(C(C)C)cccc4C(C)C)CCN3c3c(C(C)C)cccc3C(C)C)c2O1.[Cl-].[Cl-]. The minimum Gasteiger partial charge on any atom is -1.00 e. The van der Waals surface area contributed by atoms with Crippen LogP contribution < -0.4 is 44.3 Å². The second-order valence-corrected chi connectivity index (χ2v) is 17.5. The zero-order chi connectivity index (χ0) is 36.3. The molecule has 3 aromatic rings. The van der Waals surface area contributed by atoms with Crippen LogP contribution in [-0.4, -0.2) is 47.8 Å². The molecule has 2 aliphatic heterocycles. The summed E-state index contributed by atoms with van der Waals surface area (Å²) >= 11 is -0.338. The zero-order valence-electron chi connectivity index (χ0n) is 33.0. The van der Waals surface area contributed by atoms with Crippen LogP contribution in [0.4, 0.5) is 21.9 Å². The van der Waals surface area contributed by atoms with E-state index in [4.69, 9.17) is 9.47 Å². The fourth-order valence-corrected chi connectivity index (χ4v) is 9.61. The number of halogens is 2. The van der Waals surface area contributed by atoms with E-state index < -0.39 is 0 Å². The van der Waals surface area contributed by atoms with Crippen LogP contribution in [0.25, 0.3) is 0 Å². The summed E-state index contributed by atoms with van der Waals surface area (Å²) in [6, 6.07) is 20.1. The molecule has 6 nitrogen and oxygen atoms in total. The van der Waals surface area contributed by atoms with Crippen molar-refractivity contribution in [2.24, 2.45) is 5.92 Å². The van der Waals surface area contributed by atoms with Crippen LogP contribution in [-0.2, 0) is 21.4 Å². The second-order valence-electron chi connectivity index (χ2n) is 15.5. The first kappa shape index (κ1) is 43.8. The van der Waals surface area contributed by atoms with Gasteiger partial charge in [-0.2, -0.15) is 0 Å². The smallest absolute Gasteiger partial charge is 1.00 e. The number of benzene rings is 3. The number of hydrogen-bond acceptors (Lipinski definition) is 5. The number of nitrogens with zero attached hydrogens (tertiary/aromatic N) is 3. The summed E-state index contributed by atoms with van der Waals surface area (Å²) in [5, 5.41) is 0. The molecule has 52 heavy (non-hydrogen) atoms. The van der Waals surface area contributed by atoms with Gasteiger partial charge < -0.3 is 24.8 Å². The van der Waals surface area contributed by atoms with Crippen molar-refractivity contribution in [3.05, 3.63) is 82.4 Å². The van der Waals surface area contributed by atoms with Crippen molar-refractivity contribution in [1.29, 1.82) is 0 Å². The summed E-state index contributed by atoms with van der Waals surface area (Å²) in [5.74, 6) is 2.72. The Morgan fingerprint density at radius 3 is 1.65 bits per heavy atom. The largest absolute Gasteiger partial charge is 1.00 e. The maximum absolute atomic E-state index is 13.4. The number of carbonyl (C=O) groups excluding carboxylic acids is 1. The summed E-state index contributed by atoms with van der Waals surface area (Å²) in [4.78, 5) is 20.6. The Morgan fingerprint density at radius 2 is 1.23 bits per heavy atom. The van der Waals surface area contributed by atoms with Crippen molar-refractivity contribution in [3.63, 3.8) is 0 Å². The number of hydrogen-bond donors (Lipinski definition) is 0. The monoisotopic (exact) mass is 838 g/mol. The van der Waals surface area contributed by atoms with E-state index in [0.29, 0.717) is 36.8 Å². The first-order valence-corrected chi connectivity index (χ1v) is 20.8. The van der Waals surface area contributed by atoms with E-state index in [0.717, 1.165) is 36.5 Å². The second kappa shape index (κ2) is 19.1.